The van der Waals surface area contributed by atoms with E-state index in [0.29, 0.717) is 12.6 Å². The van der Waals surface area contributed by atoms with E-state index in [0.717, 1.165) is 51.1 Å². The van der Waals surface area contributed by atoms with Gasteiger partial charge in [-0.15, -0.1) is 24.0 Å². The maximum Gasteiger partial charge on any atom is 0.191 e. The molecule has 1 aliphatic rings. The van der Waals surface area contributed by atoms with Crippen LogP contribution in [-0.2, 0) is 10.2 Å². The van der Waals surface area contributed by atoms with Gasteiger partial charge in [0.15, 0.2) is 5.96 Å². The molecule has 0 radical (unpaired) electrons. The molecule has 0 bridgehead atoms. The van der Waals surface area contributed by atoms with Gasteiger partial charge in [0.05, 0.1) is 26.9 Å². The standard InChI is InChI=1S/C21H36N4O2.HI/c1-6-22-20(23-15-17(2)25-10-12-27-13-11-25)24-16-21(3,4)18-8-7-9-19(14-18)26-5;/h7-9,14,17H,6,10-13,15-16H2,1-5H3,(H2,22,23,24);1H. The summed E-state index contributed by atoms with van der Waals surface area (Å²) in [7, 11) is 1.70. The van der Waals surface area contributed by atoms with Crippen molar-refractivity contribution in [2.24, 2.45) is 4.99 Å². The van der Waals surface area contributed by atoms with Gasteiger partial charge in [-0.05, 0) is 31.5 Å². The van der Waals surface area contributed by atoms with Gasteiger partial charge in [0.1, 0.15) is 5.75 Å². The van der Waals surface area contributed by atoms with Crippen molar-refractivity contribution in [3.63, 3.8) is 0 Å². The molecular formula is C21H37IN4O2. The molecule has 1 atom stereocenters. The molecule has 2 rings (SSSR count). The van der Waals surface area contributed by atoms with Crippen LogP contribution in [0.1, 0.15) is 33.3 Å². The third-order valence-corrected chi connectivity index (χ3v) is 5.06. The Kier molecular flexibility index (Phi) is 11.1. The van der Waals surface area contributed by atoms with Gasteiger partial charge in [-0.3, -0.25) is 9.89 Å². The van der Waals surface area contributed by atoms with Gasteiger partial charge in [0.25, 0.3) is 0 Å². The summed E-state index contributed by atoms with van der Waals surface area (Å²) in [6.07, 6.45) is 0. The molecule has 0 aliphatic carbocycles. The van der Waals surface area contributed by atoms with Crippen LogP contribution in [0, 0.1) is 0 Å². The van der Waals surface area contributed by atoms with Crippen LogP contribution in [0.25, 0.3) is 0 Å². The van der Waals surface area contributed by atoms with Crippen molar-refractivity contribution in [1.82, 2.24) is 15.5 Å². The summed E-state index contributed by atoms with van der Waals surface area (Å²) < 4.78 is 10.8. The van der Waals surface area contributed by atoms with E-state index in [1.807, 2.05) is 12.1 Å². The molecule has 1 aliphatic heterocycles. The summed E-state index contributed by atoms with van der Waals surface area (Å²) in [5.74, 6) is 1.75. The monoisotopic (exact) mass is 504 g/mol. The number of rotatable bonds is 8. The van der Waals surface area contributed by atoms with Gasteiger partial charge in [-0.2, -0.15) is 0 Å². The lowest BCUT2D eigenvalue weighted by molar-refractivity contribution is 0.0211. The van der Waals surface area contributed by atoms with E-state index >= 15 is 0 Å². The van der Waals surface area contributed by atoms with E-state index in [4.69, 9.17) is 14.5 Å². The van der Waals surface area contributed by atoms with Gasteiger partial charge in [-0.25, -0.2) is 0 Å². The van der Waals surface area contributed by atoms with Gasteiger partial charge < -0.3 is 20.1 Å². The Balaban J connectivity index is 0.00000392. The van der Waals surface area contributed by atoms with Crippen molar-refractivity contribution >= 4 is 29.9 Å². The Morgan fingerprint density at radius 3 is 2.64 bits per heavy atom. The quantitative estimate of drug-likeness (QED) is 0.324. The second-order valence-corrected chi connectivity index (χ2v) is 7.69. The van der Waals surface area contributed by atoms with Crippen molar-refractivity contribution in [2.45, 2.75) is 39.2 Å². The first kappa shape index (κ1) is 25.0. The van der Waals surface area contributed by atoms with Gasteiger partial charge in [0, 0.05) is 37.6 Å². The fourth-order valence-corrected chi connectivity index (χ4v) is 3.15. The Morgan fingerprint density at radius 2 is 2.00 bits per heavy atom. The highest BCUT2D eigenvalue weighted by molar-refractivity contribution is 14.0. The molecular weight excluding hydrogens is 467 g/mol. The van der Waals surface area contributed by atoms with Crippen LogP contribution in [0.4, 0.5) is 0 Å². The van der Waals surface area contributed by atoms with Crippen molar-refractivity contribution in [2.75, 3.05) is 53.0 Å². The maximum atomic E-state index is 5.44. The SMILES string of the molecule is CCNC(=NCC(C)(C)c1cccc(OC)c1)NCC(C)N1CCOCC1.I. The minimum atomic E-state index is -0.0767. The van der Waals surface area contributed by atoms with E-state index in [1.54, 1.807) is 7.11 Å². The maximum absolute atomic E-state index is 5.44. The summed E-state index contributed by atoms with van der Waals surface area (Å²) in [6, 6.07) is 8.69. The molecule has 28 heavy (non-hydrogen) atoms. The van der Waals surface area contributed by atoms with Crippen LogP contribution >= 0.6 is 24.0 Å². The van der Waals surface area contributed by atoms with Crippen LogP contribution in [0.2, 0.25) is 0 Å². The topological polar surface area (TPSA) is 58.1 Å². The molecule has 0 aromatic heterocycles. The second-order valence-electron chi connectivity index (χ2n) is 7.69. The lowest BCUT2D eigenvalue weighted by Crippen LogP contribution is -2.49. The largest absolute Gasteiger partial charge is 0.497 e. The van der Waals surface area contributed by atoms with Gasteiger partial charge >= 0.3 is 0 Å². The first-order valence-electron chi connectivity index (χ1n) is 9.94. The third-order valence-electron chi connectivity index (χ3n) is 5.06. The summed E-state index contributed by atoms with van der Waals surface area (Å²) in [5.41, 5.74) is 1.15. The highest BCUT2D eigenvalue weighted by Gasteiger charge is 2.21. The van der Waals surface area contributed by atoms with E-state index in [9.17, 15) is 0 Å². The molecule has 1 heterocycles. The summed E-state index contributed by atoms with van der Waals surface area (Å²) >= 11 is 0. The summed E-state index contributed by atoms with van der Waals surface area (Å²) in [4.78, 5) is 7.30. The number of nitrogens with one attached hydrogen (secondary N) is 2. The average molecular weight is 504 g/mol. The molecule has 1 aromatic rings. The molecule has 1 unspecified atom stereocenters. The lowest BCUT2D eigenvalue weighted by atomic mass is 9.85. The van der Waals surface area contributed by atoms with Crippen LogP contribution in [-0.4, -0.2) is 69.9 Å². The highest BCUT2D eigenvalue weighted by Crippen LogP contribution is 2.26. The minimum absolute atomic E-state index is 0. The average Bonchev–Trinajstić information content (AvgIpc) is 2.70. The zero-order valence-electron chi connectivity index (χ0n) is 18.0. The first-order valence-corrected chi connectivity index (χ1v) is 9.94. The minimum Gasteiger partial charge on any atom is -0.497 e. The fourth-order valence-electron chi connectivity index (χ4n) is 3.15. The number of methoxy groups -OCH3 is 1. The van der Waals surface area contributed by atoms with E-state index < -0.39 is 0 Å². The Bertz CT molecular complexity index is 604. The fraction of sp³-hybridized carbons (Fsp3) is 0.667. The number of halogens is 1. The number of morpholine rings is 1. The van der Waals surface area contributed by atoms with Crippen LogP contribution in [0.15, 0.2) is 29.3 Å². The number of aliphatic imine (C=N–C) groups is 1. The lowest BCUT2D eigenvalue weighted by Gasteiger charge is -2.32. The highest BCUT2D eigenvalue weighted by atomic mass is 127. The van der Waals surface area contributed by atoms with Crippen molar-refractivity contribution in [3.05, 3.63) is 29.8 Å². The predicted octanol–water partition coefficient (Wildman–Crippen LogP) is 2.87. The number of hydrogen-bond acceptors (Lipinski definition) is 4. The molecule has 160 valence electrons. The normalized spacial score (nSPS) is 16.8. The van der Waals surface area contributed by atoms with E-state index in [2.05, 4.69) is 55.4 Å². The zero-order valence-corrected chi connectivity index (χ0v) is 20.3. The van der Waals surface area contributed by atoms with Crippen LogP contribution < -0.4 is 15.4 Å². The summed E-state index contributed by atoms with van der Waals surface area (Å²) in [5, 5.41) is 6.85. The summed E-state index contributed by atoms with van der Waals surface area (Å²) in [6.45, 7) is 14.8. The molecule has 0 amide bonds. The zero-order chi connectivity index (χ0) is 19.7. The number of hydrogen-bond donors (Lipinski definition) is 2. The number of benzene rings is 1. The Labute approximate surface area is 187 Å². The number of nitrogens with zero attached hydrogens (tertiary/aromatic N) is 2. The molecule has 1 saturated heterocycles. The van der Waals surface area contributed by atoms with E-state index in [-0.39, 0.29) is 29.4 Å². The first-order chi connectivity index (χ1) is 13.0. The molecule has 1 fully saturated rings. The van der Waals surface area contributed by atoms with Gasteiger partial charge in [0.2, 0.25) is 0 Å². The van der Waals surface area contributed by atoms with Crippen molar-refractivity contribution < 1.29 is 9.47 Å². The molecule has 0 saturated carbocycles. The Morgan fingerprint density at radius 1 is 1.29 bits per heavy atom. The molecule has 1 aromatic carbocycles. The van der Waals surface area contributed by atoms with E-state index in [1.165, 1.54) is 5.56 Å². The smallest absolute Gasteiger partial charge is 0.191 e. The number of ether oxygens (including phenoxy) is 2. The predicted molar refractivity (Wildman–Crippen MR) is 127 cm³/mol. The van der Waals surface area contributed by atoms with Gasteiger partial charge in [-0.1, -0.05) is 26.0 Å². The third kappa shape index (κ3) is 7.75. The second kappa shape index (κ2) is 12.5. The Hall–Kier alpha value is -1.06. The van der Waals surface area contributed by atoms with Crippen molar-refractivity contribution in [3.8, 4) is 5.75 Å². The molecule has 0 spiro atoms. The van der Waals surface area contributed by atoms with Crippen LogP contribution in [0.5, 0.6) is 5.75 Å². The molecule has 7 heteroatoms. The van der Waals surface area contributed by atoms with Crippen LogP contribution in [0.3, 0.4) is 0 Å². The molecule has 6 nitrogen and oxygen atoms in total. The molecule has 2 N–H and O–H groups in total. The van der Waals surface area contributed by atoms with Crippen molar-refractivity contribution in [1.29, 1.82) is 0 Å². The number of guanidine groups is 1.